The molecule has 0 radical (unpaired) electrons. The van der Waals surface area contributed by atoms with Crippen LogP contribution in [0.5, 0.6) is 5.75 Å². The first-order chi connectivity index (χ1) is 17.0. The Balaban J connectivity index is 1.53. The number of anilines is 1. The van der Waals surface area contributed by atoms with Crippen LogP contribution in [0.4, 0.5) is 10.5 Å². The molecule has 1 atom stereocenters. The SMILES string of the molecule is CCOc1ccc(NC(=O)N2CCC[C@@H](c3cccc(C(=O)NCCCN(CC)CC)c3)C2)cc1. The minimum Gasteiger partial charge on any atom is -0.494 e. The monoisotopic (exact) mass is 480 g/mol. The Labute approximate surface area is 209 Å². The smallest absolute Gasteiger partial charge is 0.321 e. The van der Waals surface area contributed by atoms with Crippen molar-refractivity contribution in [2.75, 3.05) is 51.2 Å². The van der Waals surface area contributed by atoms with Crippen LogP contribution in [0, 0.1) is 0 Å². The van der Waals surface area contributed by atoms with Gasteiger partial charge in [0.05, 0.1) is 6.61 Å². The highest BCUT2D eigenvalue weighted by Crippen LogP contribution is 2.28. The lowest BCUT2D eigenvalue weighted by Gasteiger charge is -2.33. The van der Waals surface area contributed by atoms with Gasteiger partial charge in [-0.2, -0.15) is 0 Å². The molecule has 35 heavy (non-hydrogen) atoms. The van der Waals surface area contributed by atoms with Crippen molar-refractivity contribution in [2.24, 2.45) is 0 Å². The lowest BCUT2D eigenvalue weighted by atomic mass is 9.89. The normalized spacial score (nSPS) is 15.7. The Bertz CT molecular complexity index is 943. The zero-order valence-electron chi connectivity index (χ0n) is 21.4. The molecule has 0 aliphatic carbocycles. The molecule has 0 bridgehead atoms. The van der Waals surface area contributed by atoms with Gasteiger partial charge in [-0.3, -0.25) is 4.79 Å². The molecule has 1 fully saturated rings. The van der Waals surface area contributed by atoms with E-state index >= 15 is 0 Å². The second kappa shape index (κ2) is 13.7. The first kappa shape index (κ1) is 26.5. The standard InChI is InChI=1S/C28H40N4O3/c1-4-31(5-2)18-9-17-29-27(33)23-11-7-10-22(20-23)24-12-8-19-32(21-24)28(34)30-25-13-15-26(16-14-25)35-6-3/h7,10-11,13-16,20,24H,4-6,8-9,12,17-19,21H2,1-3H3,(H,29,33)(H,30,34)/t24-/m1/s1. The minimum atomic E-state index is -0.0963. The molecule has 1 saturated heterocycles. The molecule has 0 saturated carbocycles. The van der Waals surface area contributed by atoms with Crippen LogP contribution >= 0.6 is 0 Å². The van der Waals surface area contributed by atoms with E-state index in [1.165, 1.54) is 0 Å². The van der Waals surface area contributed by atoms with Gasteiger partial charge in [-0.25, -0.2) is 4.79 Å². The zero-order valence-corrected chi connectivity index (χ0v) is 21.4. The lowest BCUT2D eigenvalue weighted by Crippen LogP contribution is -2.41. The van der Waals surface area contributed by atoms with E-state index in [4.69, 9.17) is 4.74 Å². The van der Waals surface area contributed by atoms with Crippen LogP contribution in [0.25, 0.3) is 0 Å². The quantitative estimate of drug-likeness (QED) is 0.446. The molecule has 2 N–H and O–H groups in total. The lowest BCUT2D eigenvalue weighted by molar-refractivity contribution is 0.0951. The molecule has 0 aromatic heterocycles. The van der Waals surface area contributed by atoms with Gasteiger partial charge in [0, 0.05) is 36.8 Å². The second-order valence-corrected chi connectivity index (χ2v) is 8.93. The Kier molecular flexibility index (Phi) is 10.4. The summed E-state index contributed by atoms with van der Waals surface area (Å²) >= 11 is 0. The van der Waals surface area contributed by atoms with Crippen LogP contribution in [0.3, 0.4) is 0 Å². The first-order valence-electron chi connectivity index (χ1n) is 12.9. The number of rotatable bonds is 11. The number of hydrogen-bond acceptors (Lipinski definition) is 4. The number of ether oxygens (including phenoxy) is 1. The summed E-state index contributed by atoms with van der Waals surface area (Å²) in [4.78, 5) is 29.8. The van der Waals surface area contributed by atoms with Crippen molar-refractivity contribution >= 4 is 17.6 Å². The Morgan fingerprint density at radius 3 is 2.57 bits per heavy atom. The predicted molar refractivity (Wildman–Crippen MR) is 141 cm³/mol. The van der Waals surface area contributed by atoms with Gasteiger partial charge in [0.15, 0.2) is 0 Å². The Hall–Kier alpha value is -3.06. The van der Waals surface area contributed by atoms with E-state index in [1.807, 2.05) is 54.3 Å². The third-order valence-electron chi connectivity index (χ3n) is 6.58. The van der Waals surface area contributed by atoms with Crippen LogP contribution in [-0.4, -0.2) is 67.6 Å². The Morgan fingerprint density at radius 2 is 1.86 bits per heavy atom. The van der Waals surface area contributed by atoms with Gasteiger partial charge in [0.25, 0.3) is 5.91 Å². The highest BCUT2D eigenvalue weighted by atomic mass is 16.5. The molecule has 7 nitrogen and oxygen atoms in total. The van der Waals surface area contributed by atoms with E-state index in [1.54, 1.807) is 0 Å². The van der Waals surface area contributed by atoms with Gasteiger partial charge in [0.1, 0.15) is 5.75 Å². The van der Waals surface area contributed by atoms with Crippen LogP contribution in [0.15, 0.2) is 48.5 Å². The fourth-order valence-electron chi connectivity index (χ4n) is 4.52. The zero-order chi connectivity index (χ0) is 25.0. The molecule has 3 rings (SSSR count). The summed E-state index contributed by atoms with van der Waals surface area (Å²) in [5.41, 5.74) is 2.54. The molecule has 7 heteroatoms. The van der Waals surface area contributed by atoms with Crippen LogP contribution in [-0.2, 0) is 0 Å². The molecular weight excluding hydrogens is 440 g/mol. The molecule has 3 amide bonds. The number of amides is 3. The van der Waals surface area contributed by atoms with Gasteiger partial charge in [-0.1, -0.05) is 26.0 Å². The van der Waals surface area contributed by atoms with E-state index in [2.05, 4.69) is 35.4 Å². The van der Waals surface area contributed by atoms with Crippen LogP contribution < -0.4 is 15.4 Å². The van der Waals surface area contributed by atoms with E-state index in [0.717, 1.165) is 62.4 Å². The van der Waals surface area contributed by atoms with Crippen molar-refractivity contribution in [1.29, 1.82) is 0 Å². The van der Waals surface area contributed by atoms with Crippen molar-refractivity contribution in [3.63, 3.8) is 0 Å². The number of likely N-dealkylation sites (tertiary alicyclic amines) is 1. The second-order valence-electron chi connectivity index (χ2n) is 8.93. The van der Waals surface area contributed by atoms with Crippen molar-refractivity contribution < 1.29 is 14.3 Å². The fraction of sp³-hybridized carbons (Fsp3) is 0.500. The highest BCUT2D eigenvalue weighted by Gasteiger charge is 2.25. The topological polar surface area (TPSA) is 73.9 Å². The first-order valence-corrected chi connectivity index (χ1v) is 12.9. The third-order valence-corrected chi connectivity index (χ3v) is 6.58. The van der Waals surface area contributed by atoms with Gasteiger partial charge in [-0.05, 0) is 87.8 Å². The van der Waals surface area contributed by atoms with Gasteiger partial charge < -0.3 is 25.2 Å². The summed E-state index contributed by atoms with van der Waals surface area (Å²) in [7, 11) is 0. The van der Waals surface area contributed by atoms with E-state index < -0.39 is 0 Å². The van der Waals surface area contributed by atoms with E-state index in [-0.39, 0.29) is 17.9 Å². The number of nitrogens with zero attached hydrogens (tertiary/aromatic N) is 2. The maximum absolute atomic E-state index is 12.9. The summed E-state index contributed by atoms with van der Waals surface area (Å²) in [6.07, 6.45) is 2.87. The minimum absolute atomic E-state index is 0.0349. The summed E-state index contributed by atoms with van der Waals surface area (Å²) in [5, 5.41) is 6.04. The summed E-state index contributed by atoms with van der Waals surface area (Å²) in [6, 6.07) is 15.2. The number of piperidine rings is 1. The maximum atomic E-state index is 12.9. The average molecular weight is 481 g/mol. The number of urea groups is 1. The summed E-state index contributed by atoms with van der Waals surface area (Å²) in [5.74, 6) is 0.967. The van der Waals surface area contributed by atoms with Crippen molar-refractivity contribution in [1.82, 2.24) is 15.1 Å². The molecule has 1 aliphatic heterocycles. The number of nitrogens with one attached hydrogen (secondary N) is 2. The van der Waals surface area contributed by atoms with Crippen LogP contribution in [0.1, 0.15) is 61.9 Å². The Morgan fingerprint density at radius 1 is 1.09 bits per heavy atom. The van der Waals surface area contributed by atoms with Crippen LogP contribution in [0.2, 0.25) is 0 Å². The molecule has 2 aromatic carbocycles. The third kappa shape index (κ3) is 7.99. The predicted octanol–water partition coefficient (Wildman–Crippen LogP) is 4.96. The van der Waals surface area contributed by atoms with Gasteiger partial charge >= 0.3 is 6.03 Å². The van der Waals surface area contributed by atoms with Gasteiger partial charge in [-0.15, -0.1) is 0 Å². The number of benzene rings is 2. The number of hydrogen-bond donors (Lipinski definition) is 2. The average Bonchev–Trinajstić information content (AvgIpc) is 2.90. The van der Waals surface area contributed by atoms with Crippen molar-refractivity contribution in [2.45, 2.75) is 46.0 Å². The molecule has 1 aliphatic rings. The van der Waals surface area contributed by atoms with Crippen molar-refractivity contribution in [3.05, 3.63) is 59.7 Å². The fourth-order valence-corrected chi connectivity index (χ4v) is 4.52. The molecule has 0 spiro atoms. The van der Waals surface area contributed by atoms with E-state index in [9.17, 15) is 9.59 Å². The largest absolute Gasteiger partial charge is 0.494 e. The molecule has 190 valence electrons. The number of carbonyl (C=O) groups is 2. The summed E-state index contributed by atoms with van der Waals surface area (Å²) in [6.45, 7) is 12.0. The van der Waals surface area contributed by atoms with Gasteiger partial charge in [0.2, 0.25) is 0 Å². The summed E-state index contributed by atoms with van der Waals surface area (Å²) < 4.78 is 5.46. The maximum Gasteiger partial charge on any atom is 0.321 e. The van der Waals surface area contributed by atoms with E-state index in [0.29, 0.717) is 25.3 Å². The molecule has 0 unspecified atom stereocenters. The highest BCUT2D eigenvalue weighted by molar-refractivity contribution is 5.94. The molecular formula is C28H40N4O3. The number of carbonyl (C=O) groups excluding carboxylic acids is 2. The van der Waals surface area contributed by atoms with Crippen molar-refractivity contribution in [3.8, 4) is 5.75 Å². The molecule has 1 heterocycles. The molecule has 2 aromatic rings.